The second kappa shape index (κ2) is 9.42. The molecule has 1 aliphatic carbocycles. The number of rotatable bonds is 7. The molecule has 2 N–H and O–H groups in total. The van der Waals surface area contributed by atoms with Gasteiger partial charge in [0.1, 0.15) is 6.54 Å². The third kappa shape index (κ3) is 5.09. The molecule has 2 heterocycles. The summed E-state index contributed by atoms with van der Waals surface area (Å²) in [6, 6.07) is 12.6. The Kier molecular flexibility index (Phi) is 6.26. The van der Waals surface area contributed by atoms with Gasteiger partial charge < -0.3 is 15.1 Å². The molecule has 4 rings (SSSR count). The Labute approximate surface area is 179 Å². The molecule has 3 amide bonds. The Balaban J connectivity index is 1.51. The zero-order valence-corrected chi connectivity index (χ0v) is 17.0. The number of pyridine rings is 1. The van der Waals surface area contributed by atoms with E-state index in [0.717, 1.165) is 36.6 Å². The van der Waals surface area contributed by atoms with Gasteiger partial charge in [-0.3, -0.25) is 24.3 Å². The lowest BCUT2D eigenvalue weighted by molar-refractivity contribution is -0.123. The highest BCUT2D eigenvalue weighted by atomic mass is 16.3. The number of benzene rings is 1. The van der Waals surface area contributed by atoms with Crippen LogP contribution in [-0.2, 0) is 9.59 Å². The summed E-state index contributed by atoms with van der Waals surface area (Å²) in [6.07, 6.45) is 7.06. The minimum atomic E-state index is -0.495. The molecule has 160 valence electrons. The number of carbonyl (C=O) groups excluding carboxylic acids is 3. The van der Waals surface area contributed by atoms with Crippen LogP contribution in [0.1, 0.15) is 36.2 Å². The Bertz CT molecular complexity index is 1070. The topological polar surface area (TPSA) is 105 Å². The fourth-order valence-electron chi connectivity index (χ4n) is 3.76. The van der Waals surface area contributed by atoms with Crippen LogP contribution in [0.3, 0.4) is 0 Å². The van der Waals surface area contributed by atoms with Crippen LogP contribution in [0, 0.1) is 0 Å². The summed E-state index contributed by atoms with van der Waals surface area (Å²) in [5.41, 5.74) is 1.29. The van der Waals surface area contributed by atoms with Crippen LogP contribution >= 0.6 is 0 Å². The number of carbonyl (C=O) groups is 3. The van der Waals surface area contributed by atoms with Crippen molar-refractivity contribution in [1.29, 1.82) is 0 Å². The van der Waals surface area contributed by atoms with E-state index in [1.54, 1.807) is 12.3 Å². The molecule has 3 aromatic rings. The van der Waals surface area contributed by atoms with Crippen molar-refractivity contribution < 1.29 is 18.8 Å². The molecule has 0 bridgehead atoms. The highest BCUT2D eigenvalue weighted by molar-refractivity contribution is 6.03. The summed E-state index contributed by atoms with van der Waals surface area (Å²) >= 11 is 0. The van der Waals surface area contributed by atoms with E-state index in [1.807, 2.05) is 30.3 Å². The van der Waals surface area contributed by atoms with Gasteiger partial charge in [-0.15, -0.1) is 0 Å². The molecule has 0 spiro atoms. The zero-order valence-electron chi connectivity index (χ0n) is 17.0. The first-order valence-corrected chi connectivity index (χ1v) is 10.4. The molecule has 0 radical (unpaired) electrons. The third-order valence-corrected chi connectivity index (χ3v) is 5.36. The van der Waals surface area contributed by atoms with E-state index in [4.69, 9.17) is 4.42 Å². The van der Waals surface area contributed by atoms with Gasteiger partial charge in [-0.2, -0.15) is 0 Å². The van der Waals surface area contributed by atoms with Gasteiger partial charge >= 0.3 is 0 Å². The smallest absolute Gasteiger partial charge is 0.287 e. The number of anilines is 1. The normalized spacial score (nSPS) is 13.8. The maximum Gasteiger partial charge on any atom is 0.287 e. The molecule has 0 atom stereocenters. The second-order valence-electron chi connectivity index (χ2n) is 7.57. The number of para-hydroxylation sites is 1. The first kappa shape index (κ1) is 20.6. The van der Waals surface area contributed by atoms with Gasteiger partial charge in [-0.05, 0) is 37.1 Å². The molecule has 8 nitrogen and oxygen atoms in total. The van der Waals surface area contributed by atoms with Crippen molar-refractivity contribution in [3.05, 3.63) is 60.7 Å². The summed E-state index contributed by atoms with van der Waals surface area (Å²) in [5.74, 6) is -1.03. The molecule has 8 heteroatoms. The van der Waals surface area contributed by atoms with Gasteiger partial charge in [0.2, 0.25) is 11.8 Å². The average molecular weight is 420 g/mol. The van der Waals surface area contributed by atoms with Crippen molar-refractivity contribution in [2.45, 2.75) is 31.7 Å². The van der Waals surface area contributed by atoms with Gasteiger partial charge in [-0.1, -0.05) is 31.0 Å². The van der Waals surface area contributed by atoms with Gasteiger partial charge in [0, 0.05) is 11.4 Å². The molecule has 31 heavy (non-hydrogen) atoms. The van der Waals surface area contributed by atoms with E-state index in [1.165, 1.54) is 17.2 Å². The SMILES string of the molecule is O=C(CN(C(=O)CNC(=O)c1ccco1)c1cnc2ccccc2c1)NC1CCCC1. The molecule has 0 unspecified atom stereocenters. The van der Waals surface area contributed by atoms with Crippen molar-refractivity contribution in [2.24, 2.45) is 0 Å². The van der Waals surface area contributed by atoms with Crippen molar-refractivity contribution in [1.82, 2.24) is 15.6 Å². The molecule has 1 saturated carbocycles. The van der Waals surface area contributed by atoms with E-state index in [0.29, 0.717) is 5.69 Å². The van der Waals surface area contributed by atoms with Crippen LogP contribution < -0.4 is 15.5 Å². The maximum absolute atomic E-state index is 13.0. The Morgan fingerprint density at radius 1 is 1.10 bits per heavy atom. The predicted octanol–water partition coefficient (Wildman–Crippen LogP) is 2.65. The van der Waals surface area contributed by atoms with Gasteiger partial charge in [0.05, 0.1) is 30.2 Å². The van der Waals surface area contributed by atoms with Gasteiger partial charge in [-0.25, -0.2) is 0 Å². The van der Waals surface area contributed by atoms with Crippen LogP contribution in [0.15, 0.2) is 59.3 Å². The number of nitrogens with one attached hydrogen (secondary N) is 2. The number of amides is 3. The number of nitrogens with zero attached hydrogens (tertiary/aromatic N) is 2. The van der Waals surface area contributed by atoms with E-state index < -0.39 is 11.8 Å². The van der Waals surface area contributed by atoms with Crippen LogP contribution in [0.25, 0.3) is 10.9 Å². The average Bonchev–Trinajstić information content (AvgIpc) is 3.50. The highest BCUT2D eigenvalue weighted by Gasteiger charge is 2.23. The monoisotopic (exact) mass is 420 g/mol. The standard InChI is InChI=1S/C23H24N4O4/c28-21(26-17-7-2-3-8-17)15-27(18-12-16-6-1-4-9-19(16)24-13-18)22(29)14-25-23(30)20-10-5-11-31-20/h1,4-6,9-13,17H,2-3,7-8,14-15H2,(H,25,30)(H,26,28). The predicted molar refractivity (Wildman–Crippen MR) is 116 cm³/mol. The Morgan fingerprint density at radius 3 is 2.68 bits per heavy atom. The van der Waals surface area contributed by atoms with E-state index in [9.17, 15) is 14.4 Å². The molecule has 1 aromatic carbocycles. The quantitative estimate of drug-likeness (QED) is 0.611. The number of aromatic nitrogens is 1. The van der Waals surface area contributed by atoms with Gasteiger partial charge in [0.15, 0.2) is 5.76 Å². The van der Waals surface area contributed by atoms with Crippen LogP contribution in [0.2, 0.25) is 0 Å². The lowest BCUT2D eigenvalue weighted by Crippen LogP contribution is -2.47. The number of hydrogen-bond acceptors (Lipinski definition) is 5. The van der Waals surface area contributed by atoms with Crippen molar-refractivity contribution in [3.63, 3.8) is 0 Å². The van der Waals surface area contributed by atoms with E-state index in [2.05, 4.69) is 15.6 Å². The van der Waals surface area contributed by atoms with Gasteiger partial charge in [0.25, 0.3) is 5.91 Å². The minimum Gasteiger partial charge on any atom is -0.459 e. The van der Waals surface area contributed by atoms with Crippen LogP contribution in [0.4, 0.5) is 5.69 Å². The zero-order chi connectivity index (χ0) is 21.6. The Hall–Kier alpha value is -3.68. The van der Waals surface area contributed by atoms with Crippen molar-refractivity contribution >= 4 is 34.3 Å². The molecular weight excluding hydrogens is 396 g/mol. The molecule has 2 aromatic heterocycles. The third-order valence-electron chi connectivity index (χ3n) is 5.36. The number of furan rings is 1. The summed E-state index contributed by atoms with van der Waals surface area (Å²) in [6.45, 7) is -0.422. The number of hydrogen-bond donors (Lipinski definition) is 2. The molecule has 0 aliphatic heterocycles. The molecular formula is C23H24N4O4. The maximum atomic E-state index is 13.0. The summed E-state index contributed by atoms with van der Waals surface area (Å²) in [5, 5.41) is 6.40. The van der Waals surface area contributed by atoms with Crippen LogP contribution in [0.5, 0.6) is 0 Å². The summed E-state index contributed by atoms with van der Waals surface area (Å²) in [7, 11) is 0. The highest BCUT2D eigenvalue weighted by Crippen LogP contribution is 2.21. The minimum absolute atomic E-state index is 0.116. The van der Waals surface area contributed by atoms with Crippen molar-refractivity contribution in [2.75, 3.05) is 18.0 Å². The van der Waals surface area contributed by atoms with Crippen molar-refractivity contribution in [3.8, 4) is 0 Å². The Morgan fingerprint density at radius 2 is 1.90 bits per heavy atom. The number of fused-ring (bicyclic) bond motifs is 1. The summed E-state index contributed by atoms with van der Waals surface area (Å²) in [4.78, 5) is 43.5. The van der Waals surface area contributed by atoms with Crippen LogP contribution in [-0.4, -0.2) is 41.8 Å². The fraction of sp³-hybridized carbons (Fsp3) is 0.304. The lowest BCUT2D eigenvalue weighted by Gasteiger charge is -2.23. The first-order chi connectivity index (χ1) is 15.1. The van der Waals surface area contributed by atoms with E-state index in [-0.39, 0.29) is 30.8 Å². The molecule has 0 saturated heterocycles. The molecule has 1 fully saturated rings. The second-order valence-corrected chi connectivity index (χ2v) is 7.57. The largest absolute Gasteiger partial charge is 0.459 e. The lowest BCUT2D eigenvalue weighted by atomic mass is 10.2. The first-order valence-electron chi connectivity index (χ1n) is 10.4. The summed E-state index contributed by atoms with van der Waals surface area (Å²) < 4.78 is 5.05. The fourth-order valence-corrected chi connectivity index (χ4v) is 3.76. The van der Waals surface area contributed by atoms with E-state index >= 15 is 0 Å². The molecule has 1 aliphatic rings.